The van der Waals surface area contributed by atoms with E-state index in [9.17, 15) is 19.8 Å². The molecule has 70 heavy (non-hydrogen) atoms. The van der Waals surface area contributed by atoms with E-state index in [-0.39, 0.29) is 24.9 Å². The highest BCUT2D eigenvalue weighted by Gasteiger charge is 2.24. The van der Waals surface area contributed by atoms with Crippen LogP contribution in [0.3, 0.4) is 0 Å². The van der Waals surface area contributed by atoms with Crippen LogP contribution in [-0.2, 0) is 14.3 Å². The molecule has 0 radical (unpaired) electrons. The van der Waals surface area contributed by atoms with Gasteiger partial charge in [-0.15, -0.1) is 0 Å². The summed E-state index contributed by atoms with van der Waals surface area (Å²) >= 11 is 0. The van der Waals surface area contributed by atoms with Gasteiger partial charge in [0.15, 0.2) is 0 Å². The number of unbranched alkanes of at least 4 members (excludes halogenated alkanes) is 36. The highest BCUT2D eigenvalue weighted by Crippen LogP contribution is 2.19. The number of hydrogen-bond acceptors (Lipinski definition) is 5. The Labute approximate surface area is 436 Å². The van der Waals surface area contributed by atoms with E-state index in [0.29, 0.717) is 19.3 Å². The van der Waals surface area contributed by atoms with Crippen LogP contribution in [0.4, 0.5) is 0 Å². The Morgan fingerprint density at radius 2 is 0.729 bits per heavy atom. The van der Waals surface area contributed by atoms with Gasteiger partial charge in [-0.3, -0.25) is 9.59 Å². The molecule has 0 aromatic rings. The average molecular weight is 983 g/mol. The molecule has 0 aromatic carbocycles. The van der Waals surface area contributed by atoms with Crippen molar-refractivity contribution in [2.45, 2.75) is 341 Å². The Balaban J connectivity index is 4.57. The number of aliphatic hydroxyl groups is 2. The van der Waals surface area contributed by atoms with E-state index in [1.165, 1.54) is 205 Å². The number of rotatable bonds is 56. The van der Waals surface area contributed by atoms with Gasteiger partial charge < -0.3 is 20.3 Å². The average Bonchev–Trinajstić information content (AvgIpc) is 3.35. The van der Waals surface area contributed by atoms with Gasteiger partial charge >= 0.3 is 5.97 Å². The molecule has 0 aliphatic rings. The lowest BCUT2D eigenvalue weighted by Gasteiger charge is -2.24. The Morgan fingerprint density at radius 1 is 0.414 bits per heavy atom. The summed E-state index contributed by atoms with van der Waals surface area (Å²) in [7, 11) is 0. The third-order valence-corrected chi connectivity index (χ3v) is 14.1. The van der Waals surface area contributed by atoms with Gasteiger partial charge in [-0.05, 0) is 89.9 Å². The molecular formula is C64H119NO5. The molecule has 0 aliphatic carbocycles. The summed E-state index contributed by atoms with van der Waals surface area (Å²) in [5.74, 6) is -0.478. The molecule has 0 bridgehead atoms. The van der Waals surface area contributed by atoms with E-state index < -0.39 is 18.2 Å². The van der Waals surface area contributed by atoms with Crippen LogP contribution in [0.25, 0.3) is 0 Å². The molecule has 1 amide bonds. The van der Waals surface area contributed by atoms with Crippen LogP contribution in [-0.4, -0.2) is 46.9 Å². The zero-order valence-corrected chi connectivity index (χ0v) is 46.9. The van der Waals surface area contributed by atoms with Crippen molar-refractivity contribution in [2.24, 2.45) is 0 Å². The number of nitrogens with one attached hydrogen (secondary N) is 1. The van der Waals surface area contributed by atoms with E-state index in [1.54, 1.807) is 0 Å². The number of hydrogen-bond donors (Lipinski definition) is 3. The van der Waals surface area contributed by atoms with Crippen LogP contribution < -0.4 is 5.32 Å². The summed E-state index contributed by atoms with van der Waals surface area (Å²) in [5.41, 5.74) is 0. The molecule has 6 heteroatoms. The minimum absolute atomic E-state index is 0.0710. The van der Waals surface area contributed by atoms with E-state index in [4.69, 9.17) is 4.74 Å². The molecule has 3 atom stereocenters. The summed E-state index contributed by atoms with van der Waals surface area (Å²) in [4.78, 5) is 26.4. The predicted molar refractivity (Wildman–Crippen MR) is 305 cm³/mol. The fraction of sp³-hybridized carbons (Fsp3) is 0.844. The fourth-order valence-corrected chi connectivity index (χ4v) is 9.43. The number of aliphatic hydroxyl groups excluding tert-OH is 2. The summed E-state index contributed by atoms with van der Waals surface area (Å²) in [5, 5.41) is 23.9. The normalized spacial score (nSPS) is 13.4. The molecule has 3 unspecified atom stereocenters. The Kier molecular flexibility index (Phi) is 55.9. The fourth-order valence-electron chi connectivity index (χ4n) is 9.43. The number of carbonyl (C=O) groups excluding carboxylic acids is 2. The number of ether oxygens (including phenoxy) is 1. The number of carbonyl (C=O) groups is 2. The maximum Gasteiger partial charge on any atom is 0.306 e. The van der Waals surface area contributed by atoms with Crippen LogP contribution in [0.5, 0.6) is 0 Å². The minimum atomic E-state index is -0.792. The van der Waals surface area contributed by atoms with Gasteiger partial charge in [0.05, 0.1) is 25.2 Å². The molecule has 0 fully saturated rings. The zero-order valence-electron chi connectivity index (χ0n) is 46.9. The second-order valence-corrected chi connectivity index (χ2v) is 21.1. The van der Waals surface area contributed by atoms with Gasteiger partial charge in [0, 0.05) is 6.42 Å². The quantitative estimate of drug-likeness (QED) is 0.0321. The van der Waals surface area contributed by atoms with Crippen molar-refractivity contribution in [3.05, 3.63) is 48.6 Å². The first kappa shape index (κ1) is 67.8. The molecule has 0 rings (SSSR count). The largest absolute Gasteiger partial charge is 0.462 e. The molecule has 6 nitrogen and oxygen atoms in total. The Bertz CT molecular complexity index is 1190. The highest BCUT2D eigenvalue weighted by atomic mass is 16.5. The van der Waals surface area contributed by atoms with E-state index >= 15 is 0 Å². The predicted octanol–water partition coefficient (Wildman–Crippen LogP) is 19.4. The molecule has 0 heterocycles. The van der Waals surface area contributed by atoms with Crippen LogP contribution in [0.2, 0.25) is 0 Å². The summed E-state index contributed by atoms with van der Waals surface area (Å²) in [6.07, 6.45) is 71.7. The molecule has 0 saturated heterocycles. The van der Waals surface area contributed by atoms with Gasteiger partial charge in [0.1, 0.15) is 6.10 Å². The molecule has 0 saturated carbocycles. The van der Waals surface area contributed by atoms with Crippen LogP contribution >= 0.6 is 0 Å². The third-order valence-electron chi connectivity index (χ3n) is 14.1. The number of allylic oxidation sites excluding steroid dienone is 8. The van der Waals surface area contributed by atoms with Crippen molar-refractivity contribution in [1.82, 2.24) is 5.32 Å². The first-order valence-electron chi connectivity index (χ1n) is 30.9. The highest BCUT2D eigenvalue weighted by molar-refractivity contribution is 5.77. The van der Waals surface area contributed by atoms with Gasteiger partial charge in [0.2, 0.25) is 5.91 Å². The molecule has 3 N–H and O–H groups in total. The van der Waals surface area contributed by atoms with Crippen molar-refractivity contribution in [3.8, 4) is 0 Å². The van der Waals surface area contributed by atoms with E-state index in [2.05, 4.69) is 74.7 Å². The van der Waals surface area contributed by atoms with Crippen LogP contribution in [0, 0.1) is 0 Å². The second-order valence-electron chi connectivity index (χ2n) is 21.1. The van der Waals surface area contributed by atoms with Crippen molar-refractivity contribution in [1.29, 1.82) is 0 Å². The lowest BCUT2D eigenvalue weighted by Crippen LogP contribution is -2.46. The number of amides is 1. The zero-order chi connectivity index (χ0) is 50.9. The van der Waals surface area contributed by atoms with Gasteiger partial charge in [0.25, 0.3) is 0 Å². The smallest absolute Gasteiger partial charge is 0.306 e. The maximum absolute atomic E-state index is 13.3. The van der Waals surface area contributed by atoms with Gasteiger partial charge in [-0.2, -0.15) is 0 Å². The van der Waals surface area contributed by atoms with E-state index in [0.717, 1.165) is 70.6 Å². The Morgan fingerprint density at radius 3 is 1.14 bits per heavy atom. The SMILES string of the molecule is CCCCC/C=C\C/C=C\C/C=C\CCCCCCCCC(=O)OC(CCCCCCCCC/C=C/CCCCCCCC)CC(=O)NC(CO)C(O)CCCCCCCCCCCCCCCCC. The van der Waals surface area contributed by atoms with Crippen LogP contribution in [0.15, 0.2) is 48.6 Å². The number of esters is 1. The van der Waals surface area contributed by atoms with E-state index in [1.807, 2.05) is 0 Å². The standard InChI is InChI=1S/C64H119NO5/c1-4-7-10-13-16-19-22-25-28-30-31-33-36-39-42-45-48-51-54-57-64(69)70-60(55-52-49-46-43-40-37-35-32-29-26-23-20-17-14-11-8-5-2)58-63(68)65-61(59-66)62(67)56-53-50-47-44-41-38-34-27-24-21-18-15-12-9-6-3/h16,19,25-26,28-29,31,33,60-62,66-67H,4-15,17-18,20-24,27,30,32,34-59H2,1-3H3,(H,65,68)/b19-16-,28-25-,29-26+,33-31-. The monoisotopic (exact) mass is 982 g/mol. The lowest BCUT2D eigenvalue weighted by atomic mass is 10.0. The molecule has 0 aliphatic heterocycles. The molecule has 0 spiro atoms. The van der Waals surface area contributed by atoms with Crippen molar-refractivity contribution in [2.75, 3.05) is 6.61 Å². The third kappa shape index (κ3) is 52.2. The van der Waals surface area contributed by atoms with Crippen molar-refractivity contribution in [3.63, 3.8) is 0 Å². The first-order chi connectivity index (χ1) is 34.5. The van der Waals surface area contributed by atoms with Gasteiger partial charge in [-0.1, -0.05) is 268 Å². The maximum atomic E-state index is 13.3. The molecule has 410 valence electrons. The van der Waals surface area contributed by atoms with Gasteiger partial charge in [-0.25, -0.2) is 0 Å². The minimum Gasteiger partial charge on any atom is -0.462 e. The van der Waals surface area contributed by atoms with Crippen molar-refractivity contribution >= 4 is 11.9 Å². The van der Waals surface area contributed by atoms with Crippen LogP contribution in [0.1, 0.15) is 323 Å². The molecular weight excluding hydrogens is 863 g/mol. The second kappa shape index (κ2) is 57.7. The first-order valence-corrected chi connectivity index (χ1v) is 30.9. The topological polar surface area (TPSA) is 95.9 Å². The summed E-state index contributed by atoms with van der Waals surface area (Å²) in [6, 6.07) is -0.707. The molecule has 0 aromatic heterocycles. The van der Waals surface area contributed by atoms with Crippen molar-refractivity contribution < 1.29 is 24.5 Å². The summed E-state index contributed by atoms with van der Waals surface area (Å²) in [6.45, 7) is 6.49. The summed E-state index contributed by atoms with van der Waals surface area (Å²) < 4.78 is 5.98. The Hall–Kier alpha value is -2.18. The lowest BCUT2D eigenvalue weighted by molar-refractivity contribution is -0.151.